The van der Waals surface area contributed by atoms with Gasteiger partial charge >= 0.3 is 6.03 Å². The lowest BCUT2D eigenvalue weighted by Crippen LogP contribution is -2.37. The number of hydrogen-bond donors (Lipinski definition) is 3. The zero-order valence-electron chi connectivity index (χ0n) is 15.3. The summed E-state index contributed by atoms with van der Waals surface area (Å²) in [4.78, 5) is 11.8. The number of furan rings is 1. The number of hydrogen-bond acceptors (Lipinski definition) is 4. The molecule has 0 aliphatic heterocycles. The second kappa shape index (κ2) is 9.09. The van der Waals surface area contributed by atoms with Crippen LogP contribution in [0.1, 0.15) is 23.8 Å². The third kappa shape index (κ3) is 5.24. The van der Waals surface area contributed by atoms with Gasteiger partial charge in [0.05, 0.1) is 7.11 Å². The quantitative estimate of drug-likeness (QED) is 0.569. The van der Waals surface area contributed by atoms with Crippen molar-refractivity contribution in [3.05, 3.63) is 65.9 Å². The molecule has 0 fully saturated rings. The van der Waals surface area contributed by atoms with Gasteiger partial charge in [-0.3, -0.25) is 0 Å². The maximum Gasteiger partial charge on any atom is 0.314 e. The molecule has 1 heterocycles. The van der Waals surface area contributed by atoms with Gasteiger partial charge in [-0.25, -0.2) is 4.79 Å². The normalized spacial score (nSPS) is 11.9. The summed E-state index contributed by atoms with van der Waals surface area (Å²) in [7, 11) is 1.63. The van der Waals surface area contributed by atoms with Crippen LogP contribution in [0.15, 0.2) is 59.0 Å². The van der Waals surface area contributed by atoms with E-state index in [9.17, 15) is 9.90 Å². The highest BCUT2D eigenvalue weighted by Crippen LogP contribution is 2.25. The van der Waals surface area contributed by atoms with E-state index in [4.69, 9.17) is 9.15 Å². The van der Waals surface area contributed by atoms with Crippen LogP contribution in [0, 0.1) is 0 Å². The Hall–Kier alpha value is -2.99. The van der Waals surface area contributed by atoms with Crippen LogP contribution in [-0.4, -0.2) is 31.3 Å². The molecule has 27 heavy (non-hydrogen) atoms. The predicted octanol–water partition coefficient (Wildman–Crippen LogP) is 3.41. The van der Waals surface area contributed by atoms with Crippen molar-refractivity contribution in [3.63, 3.8) is 0 Å². The Labute approximate surface area is 158 Å². The van der Waals surface area contributed by atoms with Crippen LogP contribution < -0.4 is 15.4 Å². The first-order chi connectivity index (χ1) is 13.2. The first-order valence-electron chi connectivity index (χ1n) is 8.97. The zero-order valence-corrected chi connectivity index (χ0v) is 15.3. The van der Waals surface area contributed by atoms with Crippen molar-refractivity contribution in [1.29, 1.82) is 0 Å². The van der Waals surface area contributed by atoms with E-state index >= 15 is 0 Å². The van der Waals surface area contributed by atoms with Crippen molar-refractivity contribution in [2.24, 2.45) is 0 Å². The fourth-order valence-electron chi connectivity index (χ4n) is 2.81. The number of benzene rings is 2. The van der Waals surface area contributed by atoms with Crippen LogP contribution in [0.5, 0.6) is 5.75 Å². The summed E-state index contributed by atoms with van der Waals surface area (Å²) in [5.41, 5.74) is 1.87. The van der Waals surface area contributed by atoms with Crippen molar-refractivity contribution < 1.29 is 19.1 Å². The molecule has 0 unspecified atom stereocenters. The average molecular weight is 368 g/mol. The van der Waals surface area contributed by atoms with Gasteiger partial charge in [0, 0.05) is 18.5 Å². The molecule has 6 heteroatoms. The molecule has 1 aromatic heterocycles. The van der Waals surface area contributed by atoms with E-state index in [1.807, 2.05) is 54.6 Å². The predicted molar refractivity (Wildman–Crippen MR) is 104 cm³/mol. The third-order valence-corrected chi connectivity index (χ3v) is 4.33. The first-order valence-corrected chi connectivity index (χ1v) is 8.97. The number of carbonyl (C=O) groups is 1. The van der Waals surface area contributed by atoms with Crippen molar-refractivity contribution >= 4 is 17.0 Å². The van der Waals surface area contributed by atoms with E-state index in [0.29, 0.717) is 25.3 Å². The maximum atomic E-state index is 11.8. The minimum absolute atomic E-state index is 0.250. The Bertz CT molecular complexity index is 840. The van der Waals surface area contributed by atoms with E-state index in [1.165, 1.54) is 0 Å². The molecule has 1 atom stereocenters. The number of amides is 2. The zero-order chi connectivity index (χ0) is 19.1. The molecule has 0 spiro atoms. The number of methoxy groups -OCH3 is 1. The van der Waals surface area contributed by atoms with E-state index in [-0.39, 0.29) is 6.03 Å². The van der Waals surface area contributed by atoms with Crippen LogP contribution in [0.4, 0.5) is 4.79 Å². The van der Waals surface area contributed by atoms with Gasteiger partial charge in [-0.15, -0.1) is 0 Å². The Balaban J connectivity index is 1.36. The number of rotatable bonds is 8. The van der Waals surface area contributed by atoms with Crippen LogP contribution in [0.25, 0.3) is 11.0 Å². The van der Waals surface area contributed by atoms with Crippen molar-refractivity contribution in [2.75, 3.05) is 20.2 Å². The Kier molecular flexibility index (Phi) is 6.33. The number of para-hydroxylation sites is 1. The molecule has 3 aromatic rings. The molecule has 0 bridgehead atoms. The van der Waals surface area contributed by atoms with Gasteiger partial charge in [-0.05, 0) is 42.7 Å². The smallest absolute Gasteiger partial charge is 0.314 e. The summed E-state index contributed by atoms with van der Waals surface area (Å²) in [6.07, 6.45) is 0.363. The number of ether oxygens (including phenoxy) is 1. The summed E-state index contributed by atoms with van der Waals surface area (Å²) in [6.45, 7) is 0.886. The fraction of sp³-hybridized carbons (Fsp3) is 0.286. The van der Waals surface area contributed by atoms with Gasteiger partial charge < -0.3 is 24.9 Å². The van der Waals surface area contributed by atoms with Crippen molar-refractivity contribution in [3.8, 4) is 5.75 Å². The van der Waals surface area contributed by atoms with Crippen molar-refractivity contribution in [1.82, 2.24) is 10.6 Å². The second-order valence-electron chi connectivity index (χ2n) is 6.27. The molecule has 0 aliphatic rings. The lowest BCUT2D eigenvalue weighted by Gasteiger charge is -2.10. The van der Waals surface area contributed by atoms with E-state index in [2.05, 4.69) is 10.6 Å². The summed E-state index contributed by atoms with van der Waals surface area (Å²) in [5.74, 6) is 1.32. The second-order valence-corrected chi connectivity index (χ2v) is 6.27. The first kappa shape index (κ1) is 18.8. The van der Waals surface area contributed by atoms with E-state index in [0.717, 1.165) is 28.7 Å². The SMILES string of the molecule is COc1ccc(CCNC(=O)NCC[C@@H](O)c2cc3ccccc3o2)cc1. The Morgan fingerprint density at radius 3 is 2.59 bits per heavy atom. The number of nitrogens with one attached hydrogen (secondary N) is 2. The van der Waals surface area contributed by atoms with Gasteiger partial charge in [0.15, 0.2) is 0 Å². The molecule has 6 nitrogen and oxygen atoms in total. The number of fused-ring (bicyclic) bond motifs is 1. The van der Waals surface area contributed by atoms with E-state index in [1.54, 1.807) is 7.11 Å². The number of urea groups is 1. The van der Waals surface area contributed by atoms with Crippen molar-refractivity contribution in [2.45, 2.75) is 18.9 Å². The van der Waals surface area contributed by atoms with Gasteiger partial charge in [0.1, 0.15) is 23.2 Å². The highest BCUT2D eigenvalue weighted by molar-refractivity contribution is 5.77. The standard InChI is InChI=1S/C21H24N2O4/c1-26-17-8-6-15(7-9-17)10-12-22-21(25)23-13-11-18(24)20-14-16-4-2-3-5-19(16)27-20/h2-9,14,18,24H,10-13H2,1H3,(H2,22,23,25)/t18-/m1/s1. The molecule has 2 aromatic carbocycles. The molecular formula is C21H24N2O4. The van der Waals surface area contributed by atoms with Crippen LogP contribution >= 0.6 is 0 Å². The van der Waals surface area contributed by atoms with Gasteiger partial charge in [-0.1, -0.05) is 30.3 Å². The number of carbonyl (C=O) groups excluding carboxylic acids is 1. The summed E-state index contributed by atoms with van der Waals surface area (Å²) >= 11 is 0. The topological polar surface area (TPSA) is 83.7 Å². The molecule has 3 N–H and O–H groups in total. The molecule has 0 radical (unpaired) electrons. The Morgan fingerprint density at radius 1 is 1.11 bits per heavy atom. The highest BCUT2D eigenvalue weighted by atomic mass is 16.5. The monoisotopic (exact) mass is 368 g/mol. The molecule has 3 rings (SSSR count). The number of aliphatic hydroxyl groups is 1. The van der Waals surface area contributed by atoms with Crippen LogP contribution in [0.3, 0.4) is 0 Å². The minimum Gasteiger partial charge on any atom is -0.497 e. The molecule has 0 aliphatic carbocycles. The molecule has 2 amide bonds. The third-order valence-electron chi connectivity index (χ3n) is 4.33. The largest absolute Gasteiger partial charge is 0.497 e. The lowest BCUT2D eigenvalue weighted by molar-refractivity contribution is 0.142. The minimum atomic E-state index is -0.753. The molecule has 0 saturated heterocycles. The van der Waals surface area contributed by atoms with Crippen LogP contribution in [0.2, 0.25) is 0 Å². The van der Waals surface area contributed by atoms with Gasteiger partial charge in [-0.2, -0.15) is 0 Å². The Morgan fingerprint density at radius 2 is 1.85 bits per heavy atom. The summed E-state index contributed by atoms with van der Waals surface area (Å²) < 4.78 is 10.7. The fourth-order valence-corrected chi connectivity index (χ4v) is 2.81. The molecule has 0 saturated carbocycles. The maximum absolute atomic E-state index is 11.8. The molecular weight excluding hydrogens is 344 g/mol. The summed E-state index contributed by atoms with van der Waals surface area (Å²) in [5, 5.41) is 16.7. The lowest BCUT2D eigenvalue weighted by atomic mass is 10.1. The van der Waals surface area contributed by atoms with Gasteiger partial charge in [0.25, 0.3) is 0 Å². The van der Waals surface area contributed by atoms with E-state index < -0.39 is 6.10 Å². The van der Waals surface area contributed by atoms with Gasteiger partial charge in [0.2, 0.25) is 0 Å². The van der Waals surface area contributed by atoms with Crippen LogP contribution in [-0.2, 0) is 6.42 Å². The highest BCUT2D eigenvalue weighted by Gasteiger charge is 2.13. The molecule has 142 valence electrons. The number of aliphatic hydroxyl groups excluding tert-OH is 1. The average Bonchev–Trinajstić information content (AvgIpc) is 3.13. The summed E-state index contributed by atoms with van der Waals surface area (Å²) in [6, 6.07) is 16.9.